The van der Waals surface area contributed by atoms with E-state index in [1.807, 2.05) is 30.3 Å². The molecule has 0 spiro atoms. The van der Waals surface area contributed by atoms with Crippen LogP contribution in [-0.2, 0) is 7.05 Å². The van der Waals surface area contributed by atoms with E-state index < -0.39 is 0 Å². The van der Waals surface area contributed by atoms with Gasteiger partial charge in [-0.05, 0) is 42.5 Å². The third-order valence-corrected chi connectivity index (χ3v) is 4.18. The van der Waals surface area contributed by atoms with Crippen LogP contribution in [0.5, 0.6) is 11.5 Å². The maximum Gasteiger partial charge on any atom is 0.119 e. The van der Waals surface area contributed by atoms with Gasteiger partial charge >= 0.3 is 0 Å². The minimum absolute atomic E-state index is 0.842. The number of aromatic nitrogens is 2. The first-order chi connectivity index (χ1) is 10.7. The Bertz CT molecular complexity index is 1020. The summed E-state index contributed by atoms with van der Waals surface area (Å²) in [6.45, 7) is 0. The highest BCUT2D eigenvalue weighted by atomic mass is 16.5. The summed E-state index contributed by atoms with van der Waals surface area (Å²) in [5.74, 6) is 1.69. The van der Waals surface area contributed by atoms with Crippen molar-refractivity contribution in [1.82, 2.24) is 9.55 Å². The first-order valence-corrected chi connectivity index (χ1v) is 7.12. The fourth-order valence-electron chi connectivity index (χ4n) is 2.98. The molecule has 0 N–H and O–H groups in total. The van der Waals surface area contributed by atoms with Crippen LogP contribution in [0.1, 0.15) is 0 Å². The van der Waals surface area contributed by atoms with Gasteiger partial charge in [-0.3, -0.25) is 0 Å². The molecule has 4 heteroatoms. The Morgan fingerprint density at radius 1 is 0.864 bits per heavy atom. The quantitative estimate of drug-likeness (QED) is 0.562. The van der Waals surface area contributed by atoms with Crippen molar-refractivity contribution >= 4 is 32.8 Å². The third kappa shape index (κ3) is 1.73. The molecule has 0 aliphatic carbocycles. The summed E-state index contributed by atoms with van der Waals surface area (Å²) >= 11 is 0. The zero-order valence-corrected chi connectivity index (χ0v) is 12.8. The standard InChI is InChI=1S/C18H16N2O2/c1-20-16-7-5-13(22-3)10-14(16)18-17(20)9-11-8-12(21-2)4-6-15(11)19-18/h4-10H,1-3H3. The summed E-state index contributed by atoms with van der Waals surface area (Å²) in [6.07, 6.45) is 0. The van der Waals surface area contributed by atoms with Gasteiger partial charge in [0, 0.05) is 17.8 Å². The normalized spacial score (nSPS) is 11.4. The summed E-state index contributed by atoms with van der Waals surface area (Å²) < 4.78 is 12.8. The fraction of sp³-hybridized carbons (Fsp3) is 0.167. The minimum Gasteiger partial charge on any atom is -0.497 e. The zero-order chi connectivity index (χ0) is 15.3. The fourth-order valence-corrected chi connectivity index (χ4v) is 2.98. The van der Waals surface area contributed by atoms with Crippen LogP contribution in [0.3, 0.4) is 0 Å². The van der Waals surface area contributed by atoms with Gasteiger partial charge in [-0.2, -0.15) is 0 Å². The Balaban J connectivity index is 2.13. The molecule has 0 bridgehead atoms. The van der Waals surface area contributed by atoms with E-state index >= 15 is 0 Å². The summed E-state index contributed by atoms with van der Waals surface area (Å²) in [4.78, 5) is 4.85. The molecule has 2 heterocycles. The predicted molar refractivity (Wildman–Crippen MR) is 88.8 cm³/mol. The van der Waals surface area contributed by atoms with Crippen LogP contribution in [0.4, 0.5) is 0 Å². The number of nitrogens with zero attached hydrogens (tertiary/aromatic N) is 2. The number of hydrogen-bond acceptors (Lipinski definition) is 3. The van der Waals surface area contributed by atoms with E-state index in [2.05, 4.69) is 23.7 Å². The molecule has 0 saturated heterocycles. The molecule has 0 atom stereocenters. The van der Waals surface area contributed by atoms with E-state index in [1.165, 1.54) is 0 Å². The van der Waals surface area contributed by atoms with Crippen molar-refractivity contribution in [2.75, 3.05) is 14.2 Å². The summed E-state index contributed by atoms with van der Waals surface area (Å²) in [5.41, 5.74) is 4.20. The Labute approximate surface area is 127 Å². The molecule has 0 radical (unpaired) electrons. The third-order valence-electron chi connectivity index (χ3n) is 4.18. The topological polar surface area (TPSA) is 36.3 Å². The highest BCUT2D eigenvalue weighted by molar-refractivity contribution is 6.09. The molecule has 22 heavy (non-hydrogen) atoms. The van der Waals surface area contributed by atoms with Crippen LogP contribution >= 0.6 is 0 Å². The molecule has 0 saturated carbocycles. The minimum atomic E-state index is 0.842. The largest absolute Gasteiger partial charge is 0.497 e. The van der Waals surface area contributed by atoms with Crippen LogP contribution in [0, 0.1) is 0 Å². The van der Waals surface area contributed by atoms with Crippen LogP contribution in [-0.4, -0.2) is 23.8 Å². The number of aryl methyl sites for hydroxylation is 1. The highest BCUT2D eigenvalue weighted by Gasteiger charge is 2.12. The lowest BCUT2D eigenvalue weighted by Gasteiger charge is -2.03. The SMILES string of the molecule is COc1ccc2nc3c4cc(OC)ccc4n(C)c3cc2c1. The Hall–Kier alpha value is -2.75. The van der Waals surface area contributed by atoms with E-state index in [9.17, 15) is 0 Å². The van der Waals surface area contributed by atoms with Gasteiger partial charge in [0.15, 0.2) is 0 Å². The molecule has 110 valence electrons. The van der Waals surface area contributed by atoms with Crippen molar-refractivity contribution in [2.45, 2.75) is 0 Å². The zero-order valence-electron chi connectivity index (χ0n) is 12.8. The second kappa shape index (κ2) is 4.63. The summed E-state index contributed by atoms with van der Waals surface area (Å²) in [6, 6.07) is 14.2. The monoisotopic (exact) mass is 292 g/mol. The average molecular weight is 292 g/mol. The lowest BCUT2D eigenvalue weighted by Crippen LogP contribution is -1.88. The molecular formula is C18H16N2O2. The second-order valence-electron chi connectivity index (χ2n) is 5.36. The van der Waals surface area contributed by atoms with Crippen LogP contribution in [0.2, 0.25) is 0 Å². The average Bonchev–Trinajstić information content (AvgIpc) is 2.84. The number of pyridine rings is 1. The van der Waals surface area contributed by atoms with Gasteiger partial charge in [0.25, 0.3) is 0 Å². The molecule has 0 fully saturated rings. The Morgan fingerprint density at radius 2 is 1.59 bits per heavy atom. The molecule has 0 amide bonds. The Kier molecular flexibility index (Phi) is 2.73. The molecule has 2 aromatic heterocycles. The van der Waals surface area contributed by atoms with E-state index in [0.29, 0.717) is 0 Å². The van der Waals surface area contributed by atoms with Gasteiger partial charge in [0.2, 0.25) is 0 Å². The molecule has 4 rings (SSSR count). The van der Waals surface area contributed by atoms with Crippen LogP contribution in [0.25, 0.3) is 32.8 Å². The van der Waals surface area contributed by atoms with E-state index in [1.54, 1.807) is 14.2 Å². The molecule has 0 unspecified atom stereocenters. The van der Waals surface area contributed by atoms with Crippen LogP contribution in [0.15, 0.2) is 42.5 Å². The summed E-state index contributed by atoms with van der Waals surface area (Å²) in [5, 5.41) is 2.18. The van der Waals surface area contributed by atoms with E-state index in [-0.39, 0.29) is 0 Å². The molecular weight excluding hydrogens is 276 g/mol. The first-order valence-electron chi connectivity index (χ1n) is 7.12. The Morgan fingerprint density at radius 3 is 2.36 bits per heavy atom. The van der Waals surface area contributed by atoms with Gasteiger partial charge in [0.1, 0.15) is 11.5 Å². The number of hydrogen-bond donors (Lipinski definition) is 0. The summed E-state index contributed by atoms with van der Waals surface area (Å²) in [7, 11) is 5.42. The van der Waals surface area contributed by atoms with Crippen molar-refractivity contribution in [3.05, 3.63) is 42.5 Å². The van der Waals surface area contributed by atoms with Gasteiger partial charge in [-0.15, -0.1) is 0 Å². The first kappa shape index (κ1) is 13.0. The highest BCUT2D eigenvalue weighted by Crippen LogP contribution is 2.32. The van der Waals surface area contributed by atoms with Crippen molar-refractivity contribution in [1.29, 1.82) is 0 Å². The molecule has 2 aromatic carbocycles. The molecule has 4 nitrogen and oxygen atoms in total. The van der Waals surface area contributed by atoms with Crippen molar-refractivity contribution in [3.8, 4) is 11.5 Å². The lowest BCUT2D eigenvalue weighted by molar-refractivity contribution is 0.415. The number of benzene rings is 2. The van der Waals surface area contributed by atoms with Crippen molar-refractivity contribution < 1.29 is 9.47 Å². The van der Waals surface area contributed by atoms with Gasteiger partial charge < -0.3 is 14.0 Å². The van der Waals surface area contributed by atoms with E-state index in [4.69, 9.17) is 14.5 Å². The molecule has 0 aliphatic heterocycles. The lowest BCUT2D eigenvalue weighted by atomic mass is 10.1. The maximum absolute atomic E-state index is 5.34. The van der Waals surface area contributed by atoms with E-state index in [0.717, 1.165) is 44.3 Å². The number of fused-ring (bicyclic) bond motifs is 4. The predicted octanol–water partition coefficient (Wildman–Crippen LogP) is 3.90. The molecule has 0 aliphatic rings. The smallest absolute Gasteiger partial charge is 0.119 e. The van der Waals surface area contributed by atoms with Gasteiger partial charge in [-0.1, -0.05) is 0 Å². The number of rotatable bonds is 2. The number of methoxy groups -OCH3 is 2. The van der Waals surface area contributed by atoms with Crippen molar-refractivity contribution in [2.24, 2.45) is 7.05 Å². The van der Waals surface area contributed by atoms with Crippen molar-refractivity contribution in [3.63, 3.8) is 0 Å². The second-order valence-corrected chi connectivity index (χ2v) is 5.36. The van der Waals surface area contributed by atoms with Gasteiger partial charge in [-0.25, -0.2) is 4.98 Å². The van der Waals surface area contributed by atoms with Crippen LogP contribution < -0.4 is 9.47 Å². The van der Waals surface area contributed by atoms with Gasteiger partial charge in [0.05, 0.1) is 36.3 Å². The maximum atomic E-state index is 5.34. The molecule has 4 aromatic rings. The number of ether oxygens (including phenoxy) is 2.